The molecule has 0 amide bonds. The summed E-state index contributed by atoms with van der Waals surface area (Å²) >= 11 is 0. The van der Waals surface area contributed by atoms with Gasteiger partial charge in [0.25, 0.3) is 0 Å². The summed E-state index contributed by atoms with van der Waals surface area (Å²) in [7, 11) is -0.781. The average Bonchev–Trinajstić information content (AvgIpc) is 2.83. The first-order valence-corrected chi connectivity index (χ1v) is 8.77. The van der Waals surface area contributed by atoms with Crippen molar-refractivity contribution in [2.24, 2.45) is 0 Å². The van der Waals surface area contributed by atoms with Crippen LogP contribution in [0.1, 0.15) is 27.7 Å². The van der Waals surface area contributed by atoms with Gasteiger partial charge in [-0.1, -0.05) is 42.5 Å². The summed E-state index contributed by atoms with van der Waals surface area (Å²) in [6.45, 7) is 7.88. The van der Waals surface area contributed by atoms with Crippen molar-refractivity contribution in [1.82, 2.24) is 0 Å². The van der Waals surface area contributed by atoms with Gasteiger partial charge in [-0.15, -0.1) is 0 Å². The fraction of sp³-hybridized carbons (Fsp3) is 0.286. The molecule has 1 saturated heterocycles. The van der Waals surface area contributed by atoms with Gasteiger partial charge in [0.2, 0.25) is 0 Å². The molecule has 1 fully saturated rings. The monoisotopic (exact) mass is 348 g/mol. The van der Waals surface area contributed by atoms with E-state index in [1.807, 2.05) is 70.2 Å². The van der Waals surface area contributed by atoms with E-state index >= 15 is 0 Å². The molecule has 0 N–H and O–H groups in total. The molecule has 0 atom stereocenters. The van der Waals surface area contributed by atoms with Crippen molar-refractivity contribution in [3.8, 4) is 11.3 Å². The van der Waals surface area contributed by atoms with Gasteiger partial charge in [-0.05, 0) is 39.8 Å². The molecule has 0 unspecified atom stereocenters. The first-order chi connectivity index (χ1) is 12.3. The van der Waals surface area contributed by atoms with Crippen molar-refractivity contribution in [2.75, 3.05) is 0 Å². The van der Waals surface area contributed by atoms with Crippen molar-refractivity contribution in [1.29, 1.82) is 0 Å². The first kappa shape index (κ1) is 17.1. The Bertz CT molecular complexity index is 1010. The third kappa shape index (κ3) is 2.59. The minimum atomic E-state index is -0.781. The molecule has 0 saturated carbocycles. The summed E-state index contributed by atoms with van der Waals surface area (Å²) in [5.41, 5.74) is 0.586. The van der Waals surface area contributed by atoms with E-state index in [4.69, 9.17) is 13.7 Å². The van der Waals surface area contributed by atoms with E-state index in [9.17, 15) is 4.79 Å². The Labute approximate surface area is 152 Å². The fourth-order valence-corrected chi connectivity index (χ4v) is 3.14. The maximum absolute atomic E-state index is 13.3. The van der Waals surface area contributed by atoms with Gasteiger partial charge in [0.05, 0.1) is 22.1 Å². The normalized spacial score (nSPS) is 18.4. The third-order valence-electron chi connectivity index (χ3n) is 5.36. The smallest absolute Gasteiger partial charge is 0.456 e. The zero-order valence-corrected chi connectivity index (χ0v) is 15.4. The Hall–Kier alpha value is -2.37. The molecule has 5 heteroatoms. The number of benzene rings is 2. The second kappa shape index (κ2) is 5.83. The summed E-state index contributed by atoms with van der Waals surface area (Å²) < 4.78 is 18.5. The molecule has 2 heterocycles. The molecule has 0 aliphatic carbocycles. The van der Waals surface area contributed by atoms with Crippen molar-refractivity contribution >= 4 is 23.6 Å². The van der Waals surface area contributed by atoms with Crippen LogP contribution in [0, 0.1) is 0 Å². The first-order valence-electron chi connectivity index (χ1n) is 8.77. The van der Waals surface area contributed by atoms with Crippen LogP contribution in [-0.2, 0) is 9.31 Å². The quantitative estimate of drug-likeness (QED) is 0.662. The van der Waals surface area contributed by atoms with Gasteiger partial charge in [-0.3, -0.25) is 4.79 Å². The predicted molar refractivity (Wildman–Crippen MR) is 104 cm³/mol. The van der Waals surface area contributed by atoms with Gasteiger partial charge in [-0.25, -0.2) is 0 Å². The van der Waals surface area contributed by atoms with E-state index in [2.05, 4.69) is 0 Å². The van der Waals surface area contributed by atoms with Crippen molar-refractivity contribution in [3.63, 3.8) is 0 Å². The minimum Gasteiger partial charge on any atom is -0.456 e. The van der Waals surface area contributed by atoms with Crippen LogP contribution in [0.4, 0.5) is 0 Å². The third-order valence-corrected chi connectivity index (χ3v) is 5.36. The highest BCUT2D eigenvalue weighted by atomic mass is 16.7. The van der Waals surface area contributed by atoms with E-state index in [1.165, 1.54) is 0 Å². The summed E-state index contributed by atoms with van der Waals surface area (Å²) in [4.78, 5) is 13.3. The zero-order valence-electron chi connectivity index (χ0n) is 15.4. The van der Waals surface area contributed by atoms with E-state index in [-0.39, 0.29) is 5.43 Å². The maximum atomic E-state index is 13.3. The van der Waals surface area contributed by atoms with Gasteiger partial charge in [0, 0.05) is 5.56 Å². The van der Waals surface area contributed by atoms with Crippen molar-refractivity contribution < 1.29 is 13.7 Å². The van der Waals surface area contributed by atoms with Gasteiger partial charge in [0.15, 0.2) is 5.43 Å². The van der Waals surface area contributed by atoms with E-state index in [0.717, 1.165) is 5.56 Å². The number of fused-ring (bicyclic) bond motifs is 1. The van der Waals surface area contributed by atoms with Crippen LogP contribution in [0.5, 0.6) is 0 Å². The van der Waals surface area contributed by atoms with Crippen molar-refractivity contribution in [3.05, 3.63) is 64.8 Å². The van der Waals surface area contributed by atoms with E-state index < -0.39 is 18.3 Å². The van der Waals surface area contributed by atoms with Gasteiger partial charge in [0.1, 0.15) is 11.3 Å². The maximum Gasteiger partial charge on any atom is 0.502 e. The molecule has 0 spiro atoms. The Morgan fingerprint density at radius 3 is 2.04 bits per heavy atom. The number of hydrogen-bond acceptors (Lipinski definition) is 4. The van der Waals surface area contributed by atoms with Crippen LogP contribution >= 0.6 is 0 Å². The van der Waals surface area contributed by atoms with Crippen LogP contribution < -0.4 is 10.9 Å². The minimum absolute atomic E-state index is 0.121. The summed E-state index contributed by atoms with van der Waals surface area (Å²) in [6, 6.07) is 16.9. The number of hydrogen-bond donors (Lipinski definition) is 0. The van der Waals surface area contributed by atoms with Crippen LogP contribution in [0.25, 0.3) is 22.3 Å². The molecule has 0 radical (unpaired) electrons. The fourth-order valence-electron chi connectivity index (χ4n) is 3.14. The molecule has 26 heavy (non-hydrogen) atoms. The Morgan fingerprint density at radius 1 is 0.808 bits per heavy atom. The van der Waals surface area contributed by atoms with E-state index in [1.54, 1.807) is 12.1 Å². The van der Waals surface area contributed by atoms with Crippen molar-refractivity contribution in [2.45, 2.75) is 38.9 Å². The van der Waals surface area contributed by atoms with Crippen LogP contribution in [0.2, 0.25) is 0 Å². The molecule has 4 nitrogen and oxygen atoms in total. The Kier molecular flexibility index (Phi) is 3.83. The number of rotatable bonds is 2. The zero-order chi connectivity index (χ0) is 18.5. The second-order valence-corrected chi connectivity index (χ2v) is 7.62. The molecule has 132 valence electrons. The number of para-hydroxylation sites is 1. The molecular formula is C21H21BO4. The predicted octanol–water partition coefficient (Wildman–Crippen LogP) is 3.76. The molecule has 2 aromatic carbocycles. The lowest BCUT2D eigenvalue weighted by atomic mass is 9.76. The average molecular weight is 348 g/mol. The van der Waals surface area contributed by atoms with Crippen LogP contribution in [0.15, 0.2) is 63.8 Å². The SMILES string of the molecule is CC1(C)OB(c2c(-c3ccccc3)oc3ccccc3c2=O)OC1(C)C. The highest BCUT2D eigenvalue weighted by Gasteiger charge is 2.53. The summed E-state index contributed by atoms with van der Waals surface area (Å²) in [6.07, 6.45) is 0. The molecule has 3 aromatic rings. The lowest BCUT2D eigenvalue weighted by molar-refractivity contribution is 0.00578. The van der Waals surface area contributed by atoms with Crippen LogP contribution in [0.3, 0.4) is 0 Å². The lowest BCUT2D eigenvalue weighted by Gasteiger charge is -2.32. The Balaban J connectivity index is 1.99. The van der Waals surface area contributed by atoms with E-state index in [0.29, 0.717) is 22.2 Å². The molecule has 1 aromatic heterocycles. The lowest BCUT2D eigenvalue weighted by Crippen LogP contribution is -2.45. The summed E-state index contributed by atoms with van der Waals surface area (Å²) in [5, 5.41) is 0.525. The Morgan fingerprint density at radius 2 is 1.38 bits per heavy atom. The van der Waals surface area contributed by atoms with Gasteiger partial charge in [-0.2, -0.15) is 0 Å². The molecule has 4 rings (SSSR count). The topological polar surface area (TPSA) is 48.7 Å². The largest absolute Gasteiger partial charge is 0.502 e. The van der Waals surface area contributed by atoms with Gasteiger partial charge >= 0.3 is 7.12 Å². The second-order valence-electron chi connectivity index (χ2n) is 7.62. The molecular weight excluding hydrogens is 327 g/mol. The molecule has 0 bridgehead atoms. The molecule has 1 aliphatic rings. The highest BCUT2D eigenvalue weighted by Crippen LogP contribution is 2.37. The summed E-state index contributed by atoms with van der Waals surface area (Å²) in [5.74, 6) is 0.493. The highest BCUT2D eigenvalue weighted by molar-refractivity contribution is 6.63. The van der Waals surface area contributed by atoms with Crippen LogP contribution in [-0.4, -0.2) is 18.3 Å². The molecule has 1 aliphatic heterocycles. The standard InChI is InChI=1S/C21H21BO4/c1-20(2)21(3,4)26-22(25-20)17-18(23)15-12-8-9-13-16(15)24-19(17)14-10-6-5-7-11-14/h5-13H,1-4H3. The van der Waals surface area contributed by atoms with Gasteiger partial charge < -0.3 is 13.7 Å².